The Hall–Kier alpha value is -0.120. The van der Waals surface area contributed by atoms with E-state index in [-0.39, 0.29) is 0 Å². The van der Waals surface area contributed by atoms with Crippen molar-refractivity contribution in [3.8, 4) is 0 Å². The topological polar surface area (TPSA) is 24.5 Å². The lowest BCUT2D eigenvalue weighted by Crippen LogP contribution is -2.40. The average molecular weight is 240 g/mol. The highest BCUT2D eigenvalue weighted by Crippen LogP contribution is 2.29. The molecule has 0 aromatic heterocycles. The molecule has 2 saturated heterocycles. The fourth-order valence-corrected chi connectivity index (χ4v) is 3.42. The normalized spacial score (nSPS) is 39.0. The molecule has 2 aliphatic rings. The first-order valence-electron chi connectivity index (χ1n) is 7.30. The highest BCUT2D eigenvalue weighted by Gasteiger charge is 2.33. The maximum atomic E-state index is 6.10. The molecule has 4 unspecified atom stereocenters. The van der Waals surface area contributed by atoms with Gasteiger partial charge in [0.05, 0.1) is 12.2 Å². The summed E-state index contributed by atoms with van der Waals surface area (Å²) in [6.45, 7) is 6.84. The predicted molar refractivity (Wildman–Crippen MR) is 71.3 cm³/mol. The van der Waals surface area contributed by atoms with Crippen LogP contribution in [0, 0.1) is 0 Å². The van der Waals surface area contributed by atoms with Crippen molar-refractivity contribution in [1.29, 1.82) is 0 Å². The summed E-state index contributed by atoms with van der Waals surface area (Å²) in [7, 11) is 2.01. The predicted octanol–water partition coefficient (Wildman–Crippen LogP) is 2.02. The second-order valence-electron chi connectivity index (χ2n) is 5.70. The largest absolute Gasteiger partial charge is 0.372 e. The Balaban J connectivity index is 1.80. The first kappa shape index (κ1) is 13.3. The molecule has 2 heterocycles. The zero-order valence-corrected chi connectivity index (χ0v) is 11.6. The molecule has 2 fully saturated rings. The van der Waals surface area contributed by atoms with Gasteiger partial charge in [0.2, 0.25) is 0 Å². The van der Waals surface area contributed by atoms with Crippen molar-refractivity contribution in [3.05, 3.63) is 0 Å². The molecule has 1 N–H and O–H groups in total. The van der Waals surface area contributed by atoms with Gasteiger partial charge in [-0.3, -0.25) is 4.90 Å². The van der Waals surface area contributed by atoms with E-state index in [1.165, 1.54) is 32.1 Å². The number of nitrogens with zero attached hydrogens (tertiary/aromatic N) is 1. The van der Waals surface area contributed by atoms with E-state index < -0.39 is 0 Å². The van der Waals surface area contributed by atoms with Crippen LogP contribution in [-0.2, 0) is 4.74 Å². The molecule has 0 radical (unpaired) electrons. The number of rotatable bonds is 5. The van der Waals surface area contributed by atoms with Crippen LogP contribution in [0.4, 0.5) is 0 Å². The van der Waals surface area contributed by atoms with E-state index in [0.29, 0.717) is 12.2 Å². The first-order chi connectivity index (χ1) is 8.24. The summed E-state index contributed by atoms with van der Waals surface area (Å²) >= 11 is 0. The van der Waals surface area contributed by atoms with Crippen LogP contribution in [0.1, 0.15) is 46.0 Å². The van der Waals surface area contributed by atoms with E-state index in [4.69, 9.17) is 4.74 Å². The summed E-state index contributed by atoms with van der Waals surface area (Å²) in [5.74, 6) is 0. The quantitative estimate of drug-likeness (QED) is 0.795. The van der Waals surface area contributed by atoms with Gasteiger partial charge < -0.3 is 10.1 Å². The van der Waals surface area contributed by atoms with E-state index >= 15 is 0 Å². The summed E-state index contributed by atoms with van der Waals surface area (Å²) in [5, 5.41) is 3.21. The summed E-state index contributed by atoms with van der Waals surface area (Å²) in [5.41, 5.74) is 0. The number of nitrogens with one attached hydrogen (secondary N) is 1. The Morgan fingerprint density at radius 1 is 1.18 bits per heavy atom. The molecule has 17 heavy (non-hydrogen) atoms. The van der Waals surface area contributed by atoms with Gasteiger partial charge in [0, 0.05) is 25.2 Å². The smallest absolute Gasteiger partial charge is 0.0707 e. The van der Waals surface area contributed by atoms with Crippen molar-refractivity contribution >= 4 is 0 Å². The minimum absolute atomic E-state index is 0.447. The lowest BCUT2D eigenvalue weighted by atomic mass is 10.1. The minimum atomic E-state index is 0.447. The van der Waals surface area contributed by atoms with E-state index in [9.17, 15) is 0 Å². The molecule has 0 spiro atoms. The lowest BCUT2D eigenvalue weighted by molar-refractivity contribution is 0.0144. The molecule has 2 aliphatic heterocycles. The highest BCUT2D eigenvalue weighted by molar-refractivity contribution is 4.87. The molecule has 0 aromatic carbocycles. The number of likely N-dealkylation sites (N-methyl/N-ethyl adjacent to an activating group) is 1. The second kappa shape index (κ2) is 6.17. The maximum Gasteiger partial charge on any atom is 0.0707 e. The molecule has 0 aliphatic carbocycles. The van der Waals surface area contributed by atoms with Crippen LogP contribution in [0.25, 0.3) is 0 Å². The van der Waals surface area contributed by atoms with Crippen LogP contribution in [0.5, 0.6) is 0 Å². The van der Waals surface area contributed by atoms with Gasteiger partial charge >= 0.3 is 0 Å². The van der Waals surface area contributed by atoms with E-state index in [2.05, 4.69) is 24.1 Å². The van der Waals surface area contributed by atoms with Crippen LogP contribution in [0.15, 0.2) is 0 Å². The van der Waals surface area contributed by atoms with Crippen molar-refractivity contribution in [2.24, 2.45) is 0 Å². The third-order valence-electron chi connectivity index (χ3n) is 4.47. The summed E-state index contributed by atoms with van der Waals surface area (Å²) in [4.78, 5) is 2.69. The Kier molecular flexibility index (Phi) is 4.83. The van der Waals surface area contributed by atoms with E-state index in [1.54, 1.807) is 0 Å². The van der Waals surface area contributed by atoms with Gasteiger partial charge in [-0.1, -0.05) is 6.92 Å². The first-order valence-corrected chi connectivity index (χ1v) is 7.30. The van der Waals surface area contributed by atoms with Crippen LogP contribution < -0.4 is 5.32 Å². The van der Waals surface area contributed by atoms with Gasteiger partial charge in [-0.25, -0.2) is 0 Å². The molecule has 0 aromatic rings. The maximum absolute atomic E-state index is 6.10. The van der Waals surface area contributed by atoms with Crippen molar-refractivity contribution < 1.29 is 4.74 Å². The van der Waals surface area contributed by atoms with Crippen LogP contribution in [0.3, 0.4) is 0 Å². The molecule has 2 rings (SSSR count). The van der Waals surface area contributed by atoms with Gasteiger partial charge in [-0.2, -0.15) is 0 Å². The number of hydrogen-bond acceptors (Lipinski definition) is 3. The van der Waals surface area contributed by atoms with Gasteiger partial charge in [-0.05, 0) is 46.1 Å². The van der Waals surface area contributed by atoms with E-state index in [0.717, 1.165) is 25.2 Å². The Bertz CT molecular complexity index is 234. The molecule has 0 saturated carbocycles. The van der Waals surface area contributed by atoms with Crippen molar-refractivity contribution in [2.75, 3.05) is 20.1 Å². The van der Waals surface area contributed by atoms with Gasteiger partial charge in [0.25, 0.3) is 0 Å². The summed E-state index contributed by atoms with van der Waals surface area (Å²) in [6.07, 6.45) is 7.43. The van der Waals surface area contributed by atoms with E-state index in [1.807, 2.05) is 7.05 Å². The molecule has 3 heteroatoms. The van der Waals surface area contributed by atoms with Crippen molar-refractivity contribution in [1.82, 2.24) is 10.2 Å². The third kappa shape index (κ3) is 3.21. The summed E-state index contributed by atoms with van der Waals surface area (Å²) < 4.78 is 6.10. The molecular weight excluding hydrogens is 212 g/mol. The Morgan fingerprint density at radius 2 is 1.94 bits per heavy atom. The van der Waals surface area contributed by atoms with Crippen LogP contribution >= 0.6 is 0 Å². The zero-order valence-electron chi connectivity index (χ0n) is 11.6. The molecule has 0 amide bonds. The van der Waals surface area contributed by atoms with Gasteiger partial charge in [0.15, 0.2) is 0 Å². The van der Waals surface area contributed by atoms with Gasteiger partial charge in [0.1, 0.15) is 0 Å². The zero-order chi connectivity index (χ0) is 12.3. The number of likely N-dealkylation sites (tertiary alicyclic amines) is 1. The van der Waals surface area contributed by atoms with Crippen molar-refractivity contribution in [3.63, 3.8) is 0 Å². The number of hydrogen-bond donors (Lipinski definition) is 1. The third-order valence-corrected chi connectivity index (χ3v) is 4.47. The molecule has 0 bridgehead atoms. The highest BCUT2D eigenvalue weighted by atomic mass is 16.5. The second-order valence-corrected chi connectivity index (χ2v) is 5.70. The molecular formula is C14H28N2O. The fraction of sp³-hybridized carbons (Fsp3) is 1.00. The molecule has 4 atom stereocenters. The van der Waals surface area contributed by atoms with Crippen molar-refractivity contribution in [2.45, 2.75) is 70.2 Å². The summed E-state index contributed by atoms with van der Waals surface area (Å²) in [6, 6.07) is 1.56. The number of ether oxygens (including phenoxy) is 1. The standard InChI is InChI=1S/C14H28N2O/c1-4-12-6-5-11(2)16(12)10-14-8-7-13(17-14)9-15-3/h11-15H,4-10H2,1-3H3. The van der Waals surface area contributed by atoms with Crippen LogP contribution in [-0.4, -0.2) is 49.3 Å². The minimum Gasteiger partial charge on any atom is -0.372 e. The van der Waals surface area contributed by atoms with Gasteiger partial charge in [-0.15, -0.1) is 0 Å². The SMILES string of the molecule is CCC1CCC(C)N1CC1CCC(CNC)O1. The monoisotopic (exact) mass is 240 g/mol. The Morgan fingerprint density at radius 3 is 2.65 bits per heavy atom. The Labute approximate surface area is 106 Å². The lowest BCUT2D eigenvalue weighted by Gasteiger charge is -2.30. The fourth-order valence-electron chi connectivity index (χ4n) is 3.42. The molecule has 3 nitrogen and oxygen atoms in total. The van der Waals surface area contributed by atoms with Crippen LogP contribution in [0.2, 0.25) is 0 Å². The molecule has 100 valence electrons. The average Bonchev–Trinajstić information content (AvgIpc) is 2.89.